The van der Waals surface area contributed by atoms with E-state index in [1.807, 2.05) is 0 Å². The second-order valence-electron chi connectivity index (χ2n) is 16.5. The summed E-state index contributed by atoms with van der Waals surface area (Å²) in [5, 5.41) is 0. The molecular formula is C42H66Cl4N2SiZr. The molecule has 0 amide bonds. The van der Waals surface area contributed by atoms with Gasteiger partial charge in [-0.25, -0.2) is 0 Å². The molecule has 0 unspecified atom stereocenters. The Bertz CT molecular complexity index is 1340. The summed E-state index contributed by atoms with van der Waals surface area (Å²) in [5.41, 5.74) is 12.2. The first-order valence-electron chi connectivity index (χ1n) is 19.6. The first kappa shape index (κ1) is 44.4. The molecule has 0 bridgehead atoms. The molecule has 0 heterocycles. The fourth-order valence-electron chi connectivity index (χ4n) is 8.68. The van der Waals surface area contributed by atoms with Gasteiger partial charge in [-0.1, -0.05) is 162 Å². The van der Waals surface area contributed by atoms with Crippen molar-refractivity contribution in [1.29, 1.82) is 0 Å². The van der Waals surface area contributed by atoms with E-state index in [-0.39, 0.29) is 0 Å². The van der Waals surface area contributed by atoms with E-state index in [0.29, 0.717) is 23.7 Å². The summed E-state index contributed by atoms with van der Waals surface area (Å²) >= 11 is -3.29. The van der Waals surface area contributed by atoms with E-state index in [0.717, 1.165) is 23.2 Å². The van der Waals surface area contributed by atoms with Crippen LogP contribution < -0.4 is 0 Å². The molecule has 2 nitrogen and oxygen atoms in total. The van der Waals surface area contributed by atoms with Crippen LogP contribution in [-0.4, -0.2) is 19.5 Å². The molecule has 2 aliphatic carbocycles. The van der Waals surface area contributed by atoms with Crippen molar-refractivity contribution in [3.63, 3.8) is 0 Å². The summed E-state index contributed by atoms with van der Waals surface area (Å²) in [7, 11) is 18.9. The molecule has 2 fully saturated rings. The molecule has 0 aliphatic heterocycles. The van der Waals surface area contributed by atoms with Crippen molar-refractivity contribution in [2.75, 3.05) is 0 Å². The minimum absolute atomic E-state index is 0.429. The van der Waals surface area contributed by atoms with Crippen molar-refractivity contribution in [2.45, 2.75) is 180 Å². The third-order valence-corrected chi connectivity index (χ3v) is 17.9. The van der Waals surface area contributed by atoms with Crippen LogP contribution in [0.5, 0.6) is 0 Å². The zero-order valence-electron chi connectivity index (χ0n) is 32.8. The molecule has 280 valence electrons. The molecule has 2 aromatic carbocycles. The van der Waals surface area contributed by atoms with Crippen LogP contribution in [0.2, 0.25) is 23.7 Å². The van der Waals surface area contributed by atoms with E-state index in [4.69, 9.17) is 44.0 Å². The molecule has 50 heavy (non-hydrogen) atoms. The van der Waals surface area contributed by atoms with Crippen molar-refractivity contribution in [2.24, 2.45) is 9.98 Å². The van der Waals surface area contributed by atoms with Gasteiger partial charge in [0.25, 0.3) is 0 Å². The molecule has 8 heteroatoms. The summed E-state index contributed by atoms with van der Waals surface area (Å²) in [4.78, 5) is 11.1. The van der Waals surface area contributed by atoms with E-state index in [1.54, 1.807) is 0 Å². The number of halogens is 4. The van der Waals surface area contributed by atoms with Gasteiger partial charge in [-0.2, -0.15) is 0 Å². The topological polar surface area (TPSA) is 24.7 Å². The number of unbranched alkanes of at least 4 members (excludes halogenated alkanes) is 1. The van der Waals surface area contributed by atoms with E-state index in [2.05, 4.69) is 105 Å². The summed E-state index contributed by atoms with van der Waals surface area (Å²) in [6.45, 7) is 23.5. The van der Waals surface area contributed by atoms with Crippen LogP contribution in [0.4, 0.5) is 11.4 Å². The Balaban J connectivity index is 0.00000126. The molecule has 0 radical (unpaired) electrons. The molecule has 2 aromatic rings. The average Bonchev–Trinajstić information content (AvgIpc) is 3.77. The Morgan fingerprint density at radius 1 is 0.640 bits per heavy atom. The van der Waals surface area contributed by atoms with Gasteiger partial charge in [-0.05, 0) is 76.8 Å². The van der Waals surface area contributed by atoms with Gasteiger partial charge in [-0.3, -0.25) is 9.98 Å². The SMILES string of the molecule is CC(=Nc1c(C(C)C)cccc1C(C)C)C(CCCC[Si](C)(C1CCCC1)C1CCCC1)=Nc1c(C(C)C)cccc1C(C)C.[Cl][Zr]([Cl])([Cl])[Cl]. The van der Waals surface area contributed by atoms with E-state index < -0.39 is 23.6 Å². The Morgan fingerprint density at radius 2 is 0.980 bits per heavy atom. The Morgan fingerprint density at radius 3 is 1.32 bits per heavy atom. The Labute approximate surface area is 326 Å². The van der Waals surface area contributed by atoms with Crippen LogP contribution in [-0.2, 0) is 15.5 Å². The van der Waals surface area contributed by atoms with Crippen molar-refractivity contribution >= 4 is 64.9 Å². The molecule has 0 saturated heterocycles. The molecule has 0 N–H and O–H groups in total. The van der Waals surface area contributed by atoms with E-state index >= 15 is 0 Å². The second kappa shape index (κ2) is 20.6. The quantitative estimate of drug-likeness (QED) is 0.103. The fraction of sp³-hybridized carbons (Fsp3) is 0.667. The monoisotopic (exact) mass is 856 g/mol. The van der Waals surface area contributed by atoms with Crippen LogP contribution in [0.3, 0.4) is 0 Å². The Kier molecular flexibility index (Phi) is 18.3. The molecule has 0 aromatic heterocycles. The van der Waals surface area contributed by atoms with Crippen molar-refractivity contribution < 1.29 is 15.5 Å². The van der Waals surface area contributed by atoms with Gasteiger partial charge >= 0.3 is 49.5 Å². The third kappa shape index (κ3) is 13.1. The van der Waals surface area contributed by atoms with E-state index in [9.17, 15) is 0 Å². The van der Waals surface area contributed by atoms with Gasteiger partial charge in [0.15, 0.2) is 0 Å². The van der Waals surface area contributed by atoms with Gasteiger partial charge in [0, 0.05) is 0 Å². The van der Waals surface area contributed by atoms with Gasteiger partial charge < -0.3 is 0 Å². The maximum atomic E-state index is 5.63. The predicted octanol–water partition coefficient (Wildman–Crippen LogP) is 16.9. The summed E-state index contributed by atoms with van der Waals surface area (Å²) < 4.78 is 0. The molecule has 2 aliphatic rings. The van der Waals surface area contributed by atoms with Crippen LogP contribution in [0.25, 0.3) is 0 Å². The third-order valence-electron chi connectivity index (χ3n) is 11.6. The van der Waals surface area contributed by atoms with Gasteiger partial charge in [0.1, 0.15) is 0 Å². The first-order valence-corrected chi connectivity index (χ1v) is 35.1. The van der Waals surface area contributed by atoms with Crippen LogP contribution in [0, 0.1) is 0 Å². The summed E-state index contributed by atoms with van der Waals surface area (Å²) in [6.07, 6.45) is 15.6. The standard InChI is InChI=1S/C42H66N2Si.4ClH.Zr/c1-29(2)36-23-17-24-37(30(3)4)41(36)43-33(9)40(44-42-38(31(5)6)25-18-26-39(42)32(7)8)27-15-16-28-45(10,34-19-11-12-20-34)35-21-13-14-22-35;;;;;/h17-18,23-26,29-32,34-35H,11-16,19-22,27-28H2,1-10H3;4*1H;/q;;;;;+4/p-4. The van der Waals surface area contributed by atoms with Crippen molar-refractivity contribution in [3.05, 3.63) is 58.7 Å². The van der Waals surface area contributed by atoms with Gasteiger partial charge in [0.05, 0.1) is 30.9 Å². The van der Waals surface area contributed by atoms with Crippen LogP contribution in [0.1, 0.15) is 179 Å². The number of hydrogen-bond acceptors (Lipinski definition) is 2. The maximum absolute atomic E-state index is 5.63. The molecule has 0 spiro atoms. The van der Waals surface area contributed by atoms with Crippen molar-refractivity contribution in [3.8, 4) is 0 Å². The van der Waals surface area contributed by atoms with Gasteiger partial charge in [-0.15, -0.1) is 0 Å². The van der Waals surface area contributed by atoms with Crippen molar-refractivity contribution in [1.82, 2.24) is 0 Å². The zero-order valence-corrected chi connectivity index (χ0v) is 39.3. The van der Waals surface area contributed by atoms with E-state index in [1.165, 1.54) is 110 Å². The molecular weight excluding hydrogens is 794 g/mol. The minimum atomic E-state index is -3.29. The fourth-order valence-corrected chi connectivity index (χ4v) is 14.6. The van der Waals surface area contributed by atoms with Gasteiger partial charge in [0.2, 0.25) is 0 Å². The molecule has 2 saturated carbocycles. The molecule has 0 atom stereocenters. The molecule has 4 rings (SSSR count). The van der Waals surface area contributed by atoms with Crippen LogP contribution >= 0.6 is 34.1 Å². The predicted molar refractivity (Wildman–Crippen MR) is 227 cm³/mol. The number of rotatable bonds is 14. The number of hydrogen-bond donors (Lipinski definition) is 0. The number of nitrogens with zero attached hydrogens (tertiary/aromatic N) is 2. The first-order chi connectivity index (χ1) is 23.4. The Hall–Kier alpha value is 0.0400. The zero-order chi connectivity index (χ0) is 37.2. The number of benzene rings is 2. The number of para-hydroxylation sites is 2. The number of aliphatic imine (C=N–C) groups is 2. The van der Waals surface area contributed by atoms with Crippen LogP contribution in [0.15, 0.2) is 46.4 Å². The summed E-state index contributed by atoms with van der Waals surface area (Å²) in [6, 6.07) is 15.1. The average molecular weight is 860 g/mol. The normalized spacial score (nSPS) is 17.1. The summed E-state index contributed by atoms with van der Waals surface area (Å²) in [5.74, 6) is 1.72. The second-order valence-corrected chi connectivity index (χ2v) is 44.1.